The molecule has 9 heteroatoms. The topological polar surface area (TPSA) is 129 Å². The van der Waals surface area contributed by atoms with Crippen LogP contribution in [0.15, 0.2) is 103 Å². The van der Waals surface area contributed by atoms with Crippen molar-refractivity contribution < 1.29 is 34.4 Å². The first-order valence-electron chi connectivity index (χ1n) is 16.8. The Morgan fingerprint density at radius 3 is 2.27 bits per heavy atom. The van der Waals surface area contributed by atoms with E-state index in [-0.39, 0.29) is 43.6 Å². The molecule has 1 heterocycles. The van der Waals surface area contributed by atoms with Crippen LogP contribution in [-0.2, 0) is 32.2 Å². The fourth-order valence-corrected chi connectivity index (χ4v) is 6.07. The van der Waals surface area contributed by atoms with Gasteiger partial charge in [0.1, 0.15) is 0 Å². The molecule has 0 bridgehead atoms. The van der Waals surface area contributed by atoms with E-state index in [0.717, 1.165) is 38.9 Å². The molecule has 5 atom stereocenters. The first kappa shape index (κ1) is 35.9. The maximum Gasteiger partial charge on any atom is 0.303 e. The number of likely N-dealkylation sites (N-methyl/N-ethyl adjacent to an activating group) is 1. The van der Waals surface area contributed by atoms with Crippen molar-refractivity contribution in [3.8, 4) is 11.1 Å². The Morgan fingerprint density at radius 2 is 1.57 bits per heavy atom. The van der Waals surface area contributed by atoms with Gasteiger partial charge in [0.2, 0.25) is 5.91 Å². The van der Waals surface area contributed by atoms with Crippen LogP contribution in [0.3, 0.4) is 0 Å². The molecule has 0 aliphatic carbocycles. The molecular formula is C40H46N2O7. The summed E-state index contributed by atoms with van der Waals surface area (Å²) in [5, 5.41) is 32.3. The fraction of sp³-hybridized carbons (Fsp3) is 0.350. The SMILES string of the molecule is CC(C(O)c1ccccc1)N(C)CC1CC(c2ccc(CO)cc2)OC(c2ccc(-c3cccc(CNC(=O)CCCC(=O)O)c3)cc2)O1. The molecule has 0 radical (unpaired) electrons. The number of benzene rings is 4. The highest BCUT2D eigenvalue weighted by Gasteiger charge is 2.34. The average Bonchev–Trinajstić information content (AvgIpc) is 3.13. The van der Waals surface area contributed by atoms with Crippen LogP contribution in [0.25, 0.3) is 11.1 Å². The predicted octanol–water partition coefficient (Wildman–Crippen LogP) is 6.32. The van der Waals surface area contributed by atoms with Crippen LogP contribution < -0.4 is 5.32 Å². The number of carboxylic acids is 1. The Hall–Kier alpha value is -4.38. The highest BCUT2D eigenvalue weighted by Crippen LogP contribution is 2.39. The van der Waals surface area contributed by atoms with Crippen molar-refractivity contribution in [2.24, 2.45) is 0 Å². The van der Waals surface area contributed by atoms with Gasteiger partial charge in [0, 0.05) is 44.0 Å². The third-order valence-corrected chi connectivity index (χ3v) is 9.13. The highest BCUT2D eigenvalue weighted by molar-refractivity contribution is 5.76. The number of hydrogen-bond donors (Lipinski definition) is 4. The summed E-state index contributed by atoms with van der Waals surface area (Å²) in [6, 6.07) is 33.4. The van der Waals surface area contributed by atoms with Crippen molar-refractivity contribution in [1.82, 2.24) is 10.2 Å². The van der Waals surface area contributed by atoms with Crippen LogP contribution >= 0.6 is 0 Å². The Morgan fingerprint density at radius 1 is 0.857 bits per heavy atom. The third kappa shape index (κ3) is 10.1. The number of aliphatic hydroxyl groups excluding tert-OH is 2. The Kier molecular flexibility index (Phi) is 12.7. The molecule has 1 saturated heterocycles. The molecule has 1 aliphatic rings. The standard InChI is InChI=1S/C40H46N2O7/c1-27(39(47)32-9-4-3-5-10-32)42(2)25-35-23-36(31-16-14-28(26-43)15-17-31)49-40(48-35)33-20-18-30(19-21-33)34-11-6-8-29(22-34)24-41-37(44)12-7-13-38(45)46/h3-6,8-11,14-22,27,35-36,39-40,43,47H,7,12-13,23-26H2,1-2H3,(H,41,44)(H,45,46). The number of carboxylic acid groups (broad SMARTS) is 1. The van der Waals surface area contributed by atoms with Gasteiger partial charge in [-0.05, 0) is 59.8 Å². The number of amides is 1. The summed E-state index contributed by atoms with van der Waals surface area (Å²) in [6.07, 6.45) is -0.553. The molecule has 1 aliphatic heterocycles. The quantitative estimate of drug-likeness (QED) is 0.116. The van der Waals surface area contributed by atoms with Crippen molar-refractivity contribution in [2.75, 3.05) is 13.6 Å². The molecule has 0 aromatic heterocycles. The minimum atomic E-state index is -0.904. The minimum absolute atomic E-state index is 0.0227. The Labute approximate surface area is 288 Å². The van der Waals surface area contributed by atoms with Crippen LogP contribution in [0.4, 0.5) is 0 Å². The van der Waals surface area contributed by atoms with E-state index in [1.165, 1.54) is 0 Å². The fourth-order valence-electron chi connectivity index (χ4n) is 6.07. The van der Waals surface area contributed by atoms with E-state index in [9.17, 15) is 19.8 Å². The number of rotatable bonds is 15. The van der Waals surface area contributed by atoms with Gasteiger partial charge in [-0.2, -0.15) is 0 Å². The summed E-state index contributed by atoms with van der Waals surface area (Å²) in [7, 11) is 2.00. The van der Waals surface area contributed by atoms with Crippen molar-refractivity contribution in [3.63, 3.8) is 0 Å². The number of aliphatic hydroxyl groups is 2. The van der Waals surface area contributed by atoms with Crippen molar-refractivity contribution >= 4 is 11.9 Å². The number of aliphatic carboxylic acids is 1. The molecule has 4 N–H and O–H groups in total. The van der Waals surface area contributed by atoms with E-state index < -0.39 is 18.4 Å². The van der Waals surface area contributed by atoms with Crippen LogP contribution in [0.5, 0.6) is 0 Å². The first-order valence-corrected chi connectivity index (χ1v) is 16.8. The zero-order valence-corrected chi connectivity index (χ0v) is 28.1. The van der Waals surface area contributed by atoms with Gasteiger partial charge in [0.05, 0.1) is 24.9 Å². The monoisotopic (exact) mass is 666 g/mol. The maximum atomic E-state index is 12.1. The van der Waals surface area contributed by atoms with Crippen molar-refractivity contribution in [2.45, 2.75) is 76.4 Å². The molecule has 49 heavy (non-hydrogen) atoms. The van der Waals surface area contributed by atoms with Crippen molar-refractivity contribution in [3.05, 3.63) is 131 Å². The van der Waals surface area contributed by atoms with Crippen LogP contribution in [0.1, 0.15) is 78.9 Å². The summed E-state index contributed by atoms with van der Waals surface area (Å²) < 4.78 is 13.1. The van der Waals surface area contributed by atoms with Gasteiger partial charge in [-0.25, -0.2) is 0 Å². The van der Waals surface area contributed by atoms with Gasteiger partial charge < -0.3 is 30.1 Å². The van der Waals surface area contributed by atoms with Gasteiger partial charge in [-0.1, -0.05) is 97.1 Å². The zero-order chi connectivity index (χ0) is 34.8. The summed E-state index contributed by atoms with van der Waals surface area (Å²) in [5.41, 5.74) is 6.56. The first-order chi connectivity index (χ1) is 23.7. The molecule has 5 unspecified atom stereocenters. The van der Waals surface area contributed by atoms with Crippen molar-refractivity contribution in [1.29, 1.82) is 0 Å². The molecular weight excluding hydrogens is 620 g/mol. The third-order valence-electron chi connectivity index (χ3n) is 9.13. The second kappa shape index (κ2) is 17.3. The van der Waals surface area contributed by atoms with Gasteiger partial charge in [-0.3, -0.25) is 14.5 Å². The zero-order valence-electron chi connectivity index (χ0n) is 28.1. The van der Waals surface area contributed by atoms with Crippen LogP contribution in [0, 0.1) is 0 Å². The molecule has 4 aromatic rings. The lowest BCUT2D eigenvalue weighted by Gasteiger charge is -2.39. The van der Waals surface area contributed by atoms with Gasteiger partial charge in [-0.15, -0.1) is 0 Å². The van der Waals surface area contributed by atoms with Crippen LogP contribution in [0.2, 0.25) is 0 Å². The van der Waals surface area contributed by atoms with E-state index >= 15 is 0 Å². The Bertz CT molecular complexity index is 1650. The molecule has 1 amide bonds. The second-order valence-corrected chi connectivity index (χ2v) is 12.7. The summed E-state index contributed by atoms with van der Waals surface area (Å²) in [6.45, 7) is 2.95. The highest BCUT2D eigenvalue weighted by atomic mass is 16.7. The normalized spacial score (nSPS) is 18.9. The summed E-state index contributed by atoms with van der Waals surface area (Å²) >= 11 is 0. The van der Waals surface area contributed by atoms with E-state index in [1.54, 1.807) is 0 Å². The lowest BCUT2D eigenvalue weighted by Crippen LogP contribution is -2.43. The van der Waals surface area contributed by atoms with E-state index in [4.69, 9.17) is 14.6 Å². The minimum Gasteiger partial charge on any atom is -0.481 e. The van der Waals surface area contributed by atoms with Gasteiger partial charge in [0.25, 0.3) is 0 Å². The van der Waals surface area contributed by atoms with Gasteiger partial charge >= 0.3 is 5.97 Å². The predicted molar refractivity (Wildman–Crippen MR) is 187 cm³/mol. The van der Waals surface area contributed by atoms with E-state index in [1.807, 2.05) is 117 Å². The second-order valence-electron chi connectivity index (χ2n) is 12.7. The summed E-state index contributed by atoms with van der Waals surface area (Å²) in [5.74, 6) is -1.07. The number of hydrogen-bond acceptors (Lipinski definition) is 7. The molecule has 4 aromatic carbocycles. The summed E-state index contributed by atoms with van der Waals surface area (Å²) in [4.78, 5) is 25.0. The number of nitrogens with one attached hydrogen (secondary N) is 1. The van der Waals surface area contributed by atoms with Crippen LogP contribution in [-0.4, -0.2) is 57.8 Å². The van der Waals surface area contributed by atoms with Gasteiger partial charge in [0.15, 0.2) is 6.29 Å². The number of carbonyl (C=O) groups is 2. The lowest BCUT2D eigenvalue weighted by molar-refractivity contribution is -0.253. The molecule has 258 valence electrons. The molecule has 9 nitrogen and oxygen atoms in total. The number of carbonyl (C=O) groups excluding carboxylic acids is 1. The van der Waals surface area contributed by atoms with E-state index in [2.05, 4.69) is 10.2 Å². The average molecular weight is 667 g/mol. The molecule has 0 saturated carbocycles. The maximum absolute atomic E-state index is 12.1. The Balaban J connectivity index is 1.28. The van der Waals surface area contributed by atoms with E-state index in [0.29, 0.717) is 25.9 Å². The lowest BCUT2D eigenvalue weighted by atomic mass is 9.98. The molecule has 0 spiro atoms. The number of ether oxygens (including phenoxy) is 2. The largest absolute Gasteiger partial charge is 0.481 e. The number of nitrogens with zero attached hydrogens (tertiary/aromatic N) is 1. The smallest absolute Gasteiger partial charge is 0.303 e. The molecule has 1 fully saturated rings. The molecule has 5 rings (SSSR count).